The number of aliphatic hydroxyl groups is 1. The van der Waals surface area contributed by atoms with E-state index in [1.165, 1.54) is 12.1 Å². The van der Waals surface area contributed by atoms with Gasteiger partial charge in [-0.05, 0) is 72.0 Å². The van der Waals surface area contributed by atoms with Gasteiger partial charge in [0.25, 0.3) is 0 Å². The molecule has 1 aromatic carbocycles. The van der Waals surface area contributed by atoms with Crippen molar-refractivity contribution in [2.24, 2.45) is 34.5 Å². The lowest BCUT2D eigenvalue weighted by Gasteiger charge is -2.56. The van der Waals surface area contributed by atoms with Gasteiger partial charge >= 0.3 is 0 Å². The van der Waals surface area contributed by atoms with Crippen LogP contribution in [0.25, 0.3) is 0 Å². The number of carbonyl (C=O) groups is 2. The van der Waals surface area contributed by atoms with Crippen molar-refractivity contribution in [1.82, 2.24) is 10.6 Å². The summed E-state index contributed by atoms with van der Waals surface area (Å²) in [5.41, 5.74) is 0.793. The first kappa shape index (κ1) is 26.7. The molecule has 6 heteroatoms. The summed E-state index contributed by atoms with van der Waals surface area (Å²) in [6, 6.07) is 6.15. The van der Waals surface area contributed by atoms with Crippen LogP contribution in [0.5, 0.6) is 0 Å². The molecule has 2 fully saturated rings. The van der Waals surface area contributed by atoms with Gasteiger partial charge in [0.15, 0.2) is 0 Å². The van der Waals surface area contributed by atoms with Crippen LogP contribution >= 0.6 is 0 Å². The number of fused-ring (bicyclic) bond motifs is 1. The van der Waals surface area contributed by atoms with Gasteiger partial charge in [-0.2, -0.15) is 0 Å². The summed E-state index contributed by atoms with van der Waals surface area (Å²) in [4.78, 5) is 25.6. The predicted octanol–water partition coefficient (Wildman–Crippen LogP) is 4.82. The molecule has 7 atom stereocenters. The van der Waals surface area contributed by atoms with E-state index in [9.17, 15) is 19.1 Å². The molecule has 3 N–H and O–H groups in total. The normalized spacial score (nSPS) is 32.4. The zero-order chi connectivity index (χ0) is 25.3. The van der Waals surface area contributed by atoms with Crippen molar-refractivity contribution in [2.45, 2.75) is 92.3 Å². The van der Waals surface area contributed by atoms with Crippen molar-refractivity contribution in [1.29, 1.82) is 0 Å². The van der Waals surface area contributed by atoms with E-state index >= 15 is 0 Å². The summed E-state index contributed by atoms with van der Waals surface area (Å²) in [7, 11) is 0. The Kier molecular flexibility index (Phi) is 8.11. The van der Waals surface area contributed by atoms with Gasteiger partial charge in [0, 0.05) is 24.9 Å². The van der Waals surface area contributed by atoms with Crippen LogP contribution < -0.4 is 10.6 Å². The van der Waals surface area contributed by atoms with Gasteiger partial charge in [0.2, 0.25) is 11.8 Å². The summed E-state index contributed by atoms with van der Waals surface area (Å²) in [6.45, 7) is 12.8. The number of rotatable bonds is 6. The van der Waals surface area contributed by atoms with Crippen LogP contribution in [0.2, 0.25) is 0 Å². The lowest BCUT2D eigenvalue weighted by Crippen LogP contribution is -2.58. The molecule has 190 valence electrons. The van der Waals surface area contributed by atoms with Crippen LogP contribution in [0.15, 0.2) is 24.3 Å². The molecule has 0 unspecified atom stereocenters. The number of nitrogens with one attached hydrogen (secondary N) is 2. The molecule has 5 nitrogen and oxygen atoms in total. The van der Waals surface area contributed by atoms with Gasteiger partial charge in [-0.15, -0.1) is 0 Å². The molecule has 0 radical (unpaired) electrons. The van der Waals surface area contributed by atoms with Gasteiger partial charge in [0.1, 0.15) is 5.82 Å². The Hall–Kier alpha value is -1.95. The van der Waals surface area contributed by atoms with Crippen LogP contribution in [0.1, 0.15) is 79.2 Å². The number of hydrogen-bond acceptors (Lipinski definition) is 3. The van der Waals surface area contributed by atoms with Crippen LogP contribution in [-0.4, -0.2) is 29.1 Å². The molecule has 0 heterocycles. The fourth-order valence-corrected chi connectivity index (χ4v) is 6.38. The summed E-state index contributed by atoms with van der Waals surface area (Å²) < 4.78 is 13.1. The van der Waals surface area contributed by atoms with E-state index < -0.39 is 6.10 Å². The third kappa shape index (κ3) is 6.18. The number of benzene rings is 1. The summed E-state index contributed by atoms with van der Waals surface area (Å²) >= 11 is 0. The van der Waals surface area contributed by atoms with Crippen LogP contribution in [0.3, 0.4) is 0 Å². The first-order valence-corrected chi connectivity index (χ1v) is 12.8. The Morgan fingerprint density at radius 2 is 1.79 bits per heavy atom. The Morgan fingerprint density at radius 3 is 2.41 bits per heavy atom. The van der Waals surface area contributed by atoms with Crippen molar-refractivity contribution in [3.63, 3.8) is 0 Å². The standard InChI is InChI=1S/C28H43FN2O3/c1-17(26(34)30-16-19-7-9-20(29)10-8-19)21-11-13-28(6)14-12-22(18(2)24(28)25(21)33)31-23(32)15-27(3,4)5/h7-10,17-18,21-22,24-25,33H,11-16H2,1-6H3,(H,30,34)(H,31,32)/t17-,18+,21+,22-,24+,25-,28-/m0/s1. The zero-order valence-corrected chi connectivity index (χ0v) is 21.7. The SMILES string of the molecule is C[C@H]1[C@@H]2[C@@H](O)[C@@H]([C@H](C)C(=O)NCc3ccc(F)cc3)CC[C@@]2(C)CC[C@@H]1NC(=O)CC(C)(C)C. The van der Waals surface area contributed by atoms with E-state index in [4.69, 9.17) is 0 Å². The summed E-state index contributed by atoms with van der Waals surface area (Å²) in [6.07, 6.45) is 3.57. The first-order valence-electron chi connectivity index (χ1n) is 12.8. The molecule has 1 aromatic rings. The van der Waals surface area contributed by atoms with Crippen molar-refractivity contribution in [3.8, 4) is 0 Å². The highest BCUT2D eigenvalue weighted by molar-refractivity contribution is 5.78. The fraction of sp³-hybridized carbons (Fsp3) is 0.714. The zero-order valence-electron chi connectivity index (χ0n) is 21.7. The molecule has 0 saturated heterocycles. The number of halogens is 1. The van der Waals surface area contributed by atoms with Gasteiger partial charge < -0.3 is 15.7 Å². The van der Waals surface area contributed by atoms with Gasteiger partial charge in [0.05, 0.1) is 6.10 Å². The maximum Gasteiger partial charge on any atom is 0.223 e. The Morgan fingerprint density at radius 1 is 1.18 bits per heavy atom. The number of hydrogen-bond donors (Lipinski definition) is 3. The molecule has 2 amide bonds. The monoisotopic (exact) mass is 474 g/mol. The van der Waals surface area contributed by atoms with E-state index in [2.05, 4.69) is 45.3 Å². The largest absolute Gasteiger partial charge is 0.392 e. The van der Waals surface area contributed by atoms with Crippen molar-refractivity contribution >= 4 is 11.8 Å². The minimum Gasteiger partial charge on any atom is -0.392 e. The van der Waals surface area contributed by atoms with E-state index in [-0.39, 0.29) is 58.2 Å². The molecule has 2 saturated carbocycles. The van der Waals surface area contributed by atoms with Gasteiger partial charge in [-0.1, -0.05) is 53.7 Å². The molecule has 2 aliphatic carbocycles. The quantitative estimate of drug-likeness (QED) is 0.553. The second kappa shape index (κ2) is 10.3. The first-order chi connectivity index (χ1) is 15.8. The Bertz CT molecular complexity index is 865. The summed E-state index contributed by atoms with van der Waals surface area (Å²) in [5.74, 6) is -0.604. The van der Waals surface area contributed by atoms with Crippen molar-refractivity contribution < 1.29 is 19.1 Å². The minimum atomic E-state index is -0.595. The third-order valence-corrected chi connectivity index (χ3v) is 8.36. The molecular formula is C28H43FN2O3. The van der Waals surface area contributed by atoms with E-state index in [0.29, 0.717) is 13.0 Å². The highest BCUT2D eigenvalue weighted by atomic mass is 19.1. The molecule has 0 aliphatic heterocycles. The molecule has 0 spiro atoms. The van der Waals surface area contributed by atoms with Crippen molar-refractivity contribution in [2.75, 3.05) is 0 Å². The molecule has 34 heavy (non-hydrogen) atoms. The summed E-state index contributed by atoms with van der Waals surface area (Å²) in [5, 5.41) is 17.7. The number of aliphatic hydroxyl groups excluding tert-OH is 1. The Labute approximate surface area is 204 Å². The van der Waals surface area contributed by atoms with Gasteiger partial charge in [-0.3, -0.25) is 9.59 Å². The smallest absolute Gasteiger partial charge is 0.223 e. The lowest BCUT2D eigenvalue weighted by molar-refractivity contribution is -0.144. The van der Waals surface area contributed by atoms with E-state index in [1.807, 2.05) is 6.92 Å². The maximum atomic E-state index is 13.1. The average Bonchev–Trinajstić information content (AvgIpc) is 2.73. The van der Waals surface area contributed by atoms with Crippen LogP contribution in [0.4, 0.5) is 4.39 Å². The highest BCUT2D eigenvalue weighted by Crippen LogP contribution is 2.55. The minimum absolute atomic E-state index is 0.0187. The molecule has 2 aliphatic rings. The van der Waals surface area contributed by atoms with Crippen LogP contribution in [-0.2, 0) is 16.1 Å². The number of carbonyl (C=O) groups excluding carboxylic acids is 2. The molecular weight excluding hydrogens is 431 g/mol. The fourth-order valence-electron chi connectivity index (χ4n) is 6.38. The predicted molar refractivity (Wildman–Crippen MR) is 132 cm³/mol. The maximum absolute atomic E-state index is 13.1. The lowest BCUT2D eigenvalue weighted by atomic mass is 9.51. The number of amides is 2. The van der Waals surface area contributed by atoms with E-state index in [0.717, 1.165) is 31.2 Å². The average molecular weight is 475 g/mol. The second-order valence-electron chi connectivity index (χ2n) is 12.3. The Balaban J connectivity index is 1.65. The van der Waals surface area contributed by atoms with Crippen molar-refractivity contribution in [3.05, 3.63) is 35.6 Å². The third-order valence-electron chi connectivity index (χ3n) is 8.36. The van der Waals surface area contributed by atoms with Crippen LogP contribution in [0, 0.1) is 40.3 Å². The molecule has 0 aromatic heterocycles. The topological polar surface area (TPSA) is 78.4 Å². The molecule has 0 bridgehead atoms. The van der Waals surface area contributed by atoms with Gasteiger partial charge in [-0.25, -0.2) is 4.39 Å². The van der Waals surface area contributed by atoms with E-state index in [1.54, 1.807) is 12.1 Å². The molecule has 3 rings (SSSR count). The second-order valence-corrected chi connectivity index (χ2v) is 12.3. The highest BCUT2D eigenvalue weighted by Gasteiger charge is 2.53.